The SMILES string of the molecule is Cc1nc(Sc2ncc(Br)cc2[N+](=O)[O-])oc1C. The first-order valence-corrected chi connectivity index (χ1v) is 6.50. The summed E-state index contributed by atoms with van der Waals surface area (Å²) in [5.41, 5.74) is 0.681. The van der Waals surface area contributed by atoms with E-state index >= 15 is 0 Å². The van der Waals surface area contributed by atoms with Crippen molar-refractivity contribution in [3.8, 4) is 0 Å². The second-order valence-electron chi connectivity index (χ2n) is 3.46. The first kappa shape index (κ1) is 13.0. The van der Waals surface area contributed by atoms with Gasteiger partial charge in [0.15, 0.2) is 5.03 Å². The number of hydrogen-bond acceptors (Lipinski definition) is 6. The Kier molecular flexibility index (Phi) is 3.67. The highest BCUT2D eigenvalue weighted by molar-refractivity contribution is 9.10. The molecular weight excluding hydrogens is 322 g/mol. The Morgan fingerprint density at radius 2 is 2.22 bits per heavy atom. The highest BCUT2D eigenvalue weighted by Crippen LogP contribution is 2.34. The minimum Gasteiger partial charge on any atom is -0.436 e. The van der Waals surface area contributed by atoms with Crippen molar-refractivity contribution in [2.24, 2.45) is 0 Å². The molecule has 0 radical (unpaired) electrons. The number of halogens is 1. The standard InChI is InChI=1S/C10H8BrN3O3S/c1-5-6(2)17-10(13-5)18-9-8(14(15)16)3-7(11)4-12-9/h3-4H,1-2H3. The molecule has 6 nitrogen and oxygen atoms in total. The normalized spacial score (nSPS) is 10.6. The van der Waals surface area contributed by atoms with E-state index in [4.69, 9.17) is 4.42 Å². The van der Waals surface area contributed by atoms with Gasteiger partial charge in [0, 0.05) is 16.7 Å². The molecule has 2 aromatic rings. The van der Waals surface area contributed by atoms with Gasteiger partial charge in [-0.05, 0) is 41.5 Å². The van der Waals surface area contributed by atoms with Crippen LogP contribution in [-0.4, -0.2) is 14.9 Å². The van der Waals surface area contributed by atoms with E-state index in [0.29, 0.717) is 15.5 Å². The van der Waals surface area contributed by atoms with Gasteiger partial charge in [-0.1, -0.05) is 0 Å². The Balaban J connectivity index is 2.36. The predicted molar refractivity (Wildman–Crippen MR) is 68.7 cm³/mol. The quantitative estimate of drug-likeness (QED) is 0.633. The Bertz CT molecular complexity index is 595. The highest BCUT2D eigenvalue weighted by atomic mass is 79.9. The Labute approximate surface area is 115 Å². The average Bonchev–Trinajstić information content (AvgIpc) is 2.60. The van der Waals surface area contributed by atoms with Crippen molar-refractivity contribution in [2.75, 3.05) is 0 Å². The van der Waals surface area contributed by atoms with Crippen LogP contribution in [0.3, 0.4) is 0 Å². The van der Waals surface area contributed by atoms with Crippen LogP contribution in [0.2, 0.25) is 0 Å². The molecule has 0 aromatic carbocycles. The van der Waals surface area contributed by atoms with E-state index in [9.17, 15) is 10.1 Å². The van der Waals surface area contributed by atoms with Gasteiger partial charge in [0.05, 0.1) is 10.6 Å². The van der Waals surface area contributed by atoms with Crippen molar-refractivity contribution in [1.29, 1.82) is 0 Å². The Hall–Kier alpha value is -1.41. The topological polar surface area (TPSA) is 82.1 Å². The fourth-order valence-electron chi connectivity index (χ4n) is 1.20. The van der Waals surface area contributed by atoms with Crippen molar-refractivity contribution < 1.29 is 9.34 Å². The van der Waals surface area contributed by atoms with E-state index in [1.807, 2.05) is 6.92 Å². The fraction of sp³-hybridized carbons (Fsp3) is 0.200. The number of aromatic nitrogens is 2. The van der Waals surface area contributed by atoms with E-state index in [1.54, 1.807) is 6.92 Å². The molecule has 0 unspecified atom stereocenters. The number of rotatable bonds is 3. The molecule has 0 spiro atoms. The fourth-order valence-corrected chi connectivity index (χ4v) is 2.37. The maximum absolute atomic E-state index is 10.9. The van der Waals surface area contributed by atoms with E-state index in [2.05, 4.69) is 25.9 Å². The van der Waals surface area contributed by atoms with Crippen LogP contribution in [-0.2, 0) is 0 Å². The lowest BCUT2D eigenvalue weighted by molar-refractivity contribution is -0.388. The van der Waals surface area contributed by atoms with Crippen LogP contribution in [0.4, 0.5) is 5.69 Å². The average molecular weight is 330 g/mol. The van der Waals surface area contributed by atoms with E-state index < -0.39 is 4.92 Å². The van der Waals surface area contributed by atoms with Crippen LogP contribution in [0, 0.1) is 24.0 Å². The lowest BCUT2D eigenvalue weighted by Gasteiger charge is -1.99. The molecule has 0 N–H and O–H groups in total. The largest absolute Gasteiger partial charge is 0.436 e. The van der Waals surface area contributed by atoms with Gasteiger partial charge in [-0.2, -0.15) is 0 Å². The summed E-state index contributed by atoms with van der Waals surface area (Å²) in [4.78, 5) is 18.6. The van der Waals surface area contributed by atoms with Gasteiger partial charge in [-0.15, -0.1) is 0 Å². The van der Waals surface area contributed by atoms with E-state index in [-0.39, 0.29) is 10.7 Å². The second kappa shape index (κ2) is 5.07. The first-order chi connectivity index (χ1) is 8.47. The van der Waals surface area contributed by atoms with Crippen molar-refractivity contribution in [1.82, 2.24) is 9.97 Å². The zero-order valence-electron chi connectivity index (χ0n) is 9.51. The molecule has 0 bridgehead atoms. The van der Waals surface area contributed by atoms with Gasteiger partial charge in [0.1, 0.15) is 5.76 Å². The second-order valence-corrected chi connectivity index (χ2v) is 5.31. The molecule has 2 aromatic heterocycles. The summed E-state index contributed by atoms with van der Waals surface area (Å²) >= 11 is 4.19. The number of oxazole rings is 1. The van der Waals surface area contributed by atoms with Crippen LogP contribution in [0.1, 0.15) is 11.5 Å². The van der Waals surface area contributed by atoms with Crippen LogP contribution < -0.4 is 0 Å². The molecule has 0 aliphatic heterocycles. The zero-order chi connectivity index (χ0) is 13.3. The number of aryl methyl sites for hydroxylation is 2. The van der Waals surface area contributed by atoms with Gasteiger partial charge in [-0.25, -0.2) is 9.97 Å². The molecule has 0 fully saturated rings. The summed E-state index contributed by atoms with van der Waals surface area (Å²) in [6.07, 6.45) is 1.50. The maximum Gasteiger partial charge on any atom is 0.303 e. The van der Waals surface area contributed by atoms with Crippen LogP contribution in [0.25, 0.3) is 0 Å². The van der Waals surface area contributed by atoms with Crippen molar-refractivity contribution in [3.63, 3.8) is 0 Å². The van der Waals surface area contributed by atoms with Crippen LogP contribution >= 0.6 is 27.7 Å². The molecule has 0 aliphatic rings. The van der Waals surface area contributed by atoms with Crippen molar-refractivity contribution in [3.05, 3.63) is 38.3 Å². The molecule has 94 valence electrons. The number of hydrogen-bond donors (Lipinski definition) is 0. The van der Waals surface area contributed by atoms with Gasteiger partial charge in [0.25, 0.3) is 5.22 Å². The van der Waals surface area contributed by atoms with Crippen LogP contribution in [0.15, 0.2) is 31.4 Å². The predicted octanol–water partition coefficient (Wildman–Crippen LogP) is 3.51. The van der Waals surface area contributed by atoms with E-state index in [1.165, 1.54) is 12.3 Å². The first-order valence-electron chi connectivity index (χ1n) is 4.89. The Morgan fingerprint density at radius 1 is 1.50 bits per heavy atom. The molecule has 0 saturated carbocycles. The third kappa shape index (κ3) is 2.70. The minimum absolute atomic E-state index is 0.0807. The van der Waals surface area contributed by atoms with Gasteiger partial charge in [0.2, 0.25) is 0 Å². The number of pyridine rings is 1. The summed E-state index contributed by atoms with van der Waals surface area (Å²) in [6.45, 7) is 3.60. The molecule has 0 aliphatic carbocycles. The van der Waals surface area contributed by atoms with Crippen LogP contribution in [0.5, 0.6) is 0 Å². The van der Waals surface area contributed by atoms with Crippen molar-refractivity contribution >= 4 is 33.4 Å². The molecule has 2 heterocycles. The minimum atomic E-state index is -0.483. The summed E-state index contributed by atoms with van der Waals surface area (Å²) in [7, 11) is 0. The summed E-state index contributed by atoms with van der Waals surface area (Å²) in [6, 6.07) is 1.40. The van der Waals surface area contributed by atoms with E-state index in [0.717, 1.165) is 17.5 Å². The monoisotopic (exact) mass is 329 g/mol. The maximum atomic E-state index is 10.9. The molecule has 8 heteroatoms. The summed E-state index contributed by atoms with van der Waals surface area (Å²) < 4.78 is 5.91. The number of nitrogens with zero attached hydrogens (tertiary/aromatic N) is 3. The van der Waals surface area contributed by atoms with Gasteiger partial charge < -0.3 is 4.42 Å². The van der Waals surface area contributed by atoms with Gasteiger partial charge >= 0.3 is 5.69 Å². The van der Waals surface area contributed by atoms with Gasteiger partial charge in [-0.3, -0.25) is 10.1 Å². The zero-order valence-corrected chi connectivity index (χ0v) is 11.9. The summed E-state index contributed by atoms with van der Waals surface area (Å²) in [5, 5.41) is 11.5. The number of nitro groups is 1. The third-order valence-corrected chi connectivity index (χ3v) is 3.48. The highest BCUT2D eigenvalue weighted by Gasteiger charge is 2.19. The molecule has 0 saturated heterocycles. The molecule has 2 rings (SSSR count). The molecule has 18 heavy (non-hydrogen) atoms. The molecule has 0 atom stereocenters. The lowest BCUT2D eigenvalue weighted by atomic mass is 10.4. The molecular formula is C10H8BrN3O3S. The smallest absolute Gasteiger partial charge is 0.303 e. The Morgan fingerprint density at radius 3 is 2.78 bits per heavy atom. The third-order valence-electron chi connectivity index (χ3n) is 2.19. The molecule has 0 amide bonds. The summed E-state index contributed by atoms with van der Waals surface area (Å²) in [5.74, 6) is 0.692. The lowest BCUT2D eigenvalue weighted by Crippen LogP contribution is -1.93. The van der Waals surface area contributed by atoms with Crippen molar-refractivity contribution in [2.45, 2.75) is 24.1 Å².